The third-order valence-corrected chi connectivity index (χ3v) is 4.20. The first-order valence-electron chi connectivity index (χ1n) is 9.09. The van der Waals surface area contributed by atoms with Crippen molar-refractivity contribution in [3.05, 3.63) is 6.42 Å². The van der Waals surface area contributed by atoms with E-state index in [-0.39, 0.29) is 0 Å². The third kappa shape index (κ3) is 12.8. The van der Waals surface area contributed by atoms with E-state index in [1.54, 1.807) is 0 Å². The summed E-state index contributed by atoms with van der Waals surface area (Å²) in [5.41, 5.74) is 0. The Morgan fingerprint density at radius 2 is 1.21 bits per heavy atom. The van der Waals surface area contributed by atoms with Crippen molar-refractivity contribution in [1.29, 1.82) is 0 Å². The number of unbranched alkanes of at least 4 members (excludes halogenated alkanes) is 6. The van der Waals surface area contributed by atoms with Crippen LogP contribution in [0.4, 0.5) is 0 Å². The van der Waals surface area contributed by atoms with Crippen molar-refractivity contribution in [2.24, 2.45) is 11.8 Å². The molecule has 19 heavy (non-hydrogen) atoms. The van der Waals surface area contributed by atoms with E-state index in [1.807, 2.05) is 0 Å². The van der Waals surface area contributed by atoms with Crippen LogP contribution < -0.4 is 0 Å². The molecule has 0 aliphatic heterocycles. The van der Waals surface area contributed by atoms with Crippen molar-refractivity contribution in [2.45, 2.75) is 105 Å². The van der Waals surface area contributed by atoms with Crippen molar-refractivity contribution < 1.29 is 0 Å². The Bertz CT molecular complexity index is 161. The van der Waals surface area contributed by atoms with Crippen LogP contribution in [0.15, 0.2) is 0 Å². The summed E-state index contributed by atoms with van der Waals surface area (Å²) in [7, 11) is 0. The van der Waals surface area contributed by atoms with Crippen molar-refractivity contribution >= 4 is 0 Å². The highest BCUT2D eigenvalue weighted by Gasteiger charge is 2.12. The van der Waals surface area contributed by atoms with E-state index < -0.39 is 0 Å². The van der Waals surface area contributed by atoms with Crippen LogP contribution in [-0.4, -0.2) is 0 Å². The Balaban J connectivity index is 3.66. The fourth-order valence-corrected chi connectivity index (χ4v) is 2.99. The fraction of sp³-hybridized carbons (Fsp3) is 0.947. The zero-order chi connectivity index (χ0) is 14.3. The highest BCUT2D eigenvalue weighted by atomic mass is 14.2. The first-order valence-corrected chi connectivity index (χ1v) is 9.09. The summed E-state index contributed by atoms with van der Waals surface area (Å²) in [5, 5.41) is 0. The van der Waals surface area contributed by atoms with E-state index in [2.05, 4.69) is 34.1 Å². The van der Waals surface area contributed by atoms with Gasteiger partial charge in [-0.3, -0.25) is 0 Å². The van der Waals surface area contributed by atoms with Gasteiger partial charge in [0, 0.05) is 0 Å². The van der Waals surface area contributed by atoms with Crippen LogP contribution in [0.5, 0.6) is 0 Å². The molecule has 0 saturated carbocycles. The molecule has 0 rings (SSSR count). The predicted molar refractivity (Wildman–Crippen MR) is 89.4 cm³/mol. The molecule has 0 aliphatic rings. The predicted octanol–water partition coefficient (Wildman–Crippen LogP) is 7.18. The van der Waals surface area contributed by atoms with Crippen LogP contribution >= 0.6 is 0 Å². The van der Waals surface area contributed by atoms with Gasteiger partial charge in [0.05, 0.1) is 0 Å². The molecule has 0 heterocycles. The molecular formula is C19H39. The molecule has 0 heteroatoms. The zero-order valence-electron chi connectivity index (χ0n) is 14.2. The Kier molecular flexibility index (Phi) is 14.4. The van der Waals surface area contributed by atoms with Crippen LogP contribution in [0.1, 0.15) is 105 Å². The number of hydrogen-bond acceptors (Lipinski definition) is 0. The van der Waals surface area contributed by atoms with Gasteiger partial charge < -0.3 is 0 Å². The topological polar surface area (TPSA) is 0 Å². The maximum absolute atomic E-state index is 2.68. The Hall–Kier alpha value is 0. The van der Waals surface area contributed by atoms with Gasteiger partial charge in [-0.25, -0.2) is 0 Å². The average molecular weight is 268 g/mol. The van der Waals surface area contributed by atoms with Crippen molar-refractivity contribution in [2.75, 3.05) is 0 Å². The van der Waals surface area contributed by atoms with Crippen LogP contribution in [0.25, 0.3) is 0 Å². The molecule has 1 radical (unpaired) electrons. The van der Waals surface area contributed by atoms with Gasteiger partial charge >= 0.3 is 0 Å². The summed E-state index contributed by atoms with van der Waals surface area (Å²) in [4.78, 5) is 0. The smallest absolute Gasteiger partial charge is 0.0326 e. The standard InChI is InChI=1S/C19H39/c1-5-8-10-11-13-15-18(4)17-19(14-7-3)16-12-9-6-2/h17-19H,5-16H2,1-4H3. The molecule has 0 saturated heterocycles. The Morgan fingerprint density at radius 3 is 1.84 bits per heavy atom. The summed E-state index contributed by atoms with van der Waals surface area (Å²) >= 11 is 0. The van der Waals surface area contributed by atoms with E-state index in [9.17, 15) is 0 Å². The average Bonchev–Trinajstić information content (AvgIpc) is 2.39. The third-order valence-electron chi connectivity index (χ3n) is 4.20. The minimum atomic E-state index is 0.833. The van der Waals surface area contributed by atoms with Crippen LogP contribution in [0.2, 0.25) is 0 Å². The molecule has 0 aliphatic carbocycles. The molecular weight excluding hydrogens is 228 g/mol. The monoisotopic (exact) mass is 267 g/mol. The quantitative estimate of drug-likeness (QED) is 0.292. The fourth-order valence-electron chi connectivity index (χ4n) is 2.99. The van der Waals surface area contributed by atoms with Gasteiger partial charge in [0.1, 0.15) is 0 Å². The van der Waals surface area contributed by atoms with Gasteiger partial charge in [-0.05, 0) is 18.3 Å². The highest BCUT2D eigenvalue weighted by molar-refractivity contribution is 4.81. The van der Waals surface area contributed by atoms with Gasteiger partial charge in [-0.15, -0.1) is 0 Å². The molecule has 0 aromatic heterocycles. The lowest BCUT2D eigenvalue weighted by molar-refractivity contribution is 0.411. The molecule has 0 fully saturated rings. The van der Waals surface area contributed by atoms with E-state index in [0.29, 0.717) is 0 Å². The van der Waals surface area contributed by atoms with E-state index in [1.165, 1.54) is 77.0 Å². The Labute approximate surface area is 123 Å². The molecule has 0 spiro atoms. The van der Waals surface area contributed by atoms with Crippen molar-refractivity contribution in [1.82, 2.24) is 0 Å². The second-order valence-corrected chi connectivity index (χ2v) is 6.42. The molecule has 2 unspecified atom stereocenters. The molecule has 2 atom stereocenters. The lowest BCUT2D eigenvalue weighted by Gasteiger charge is -2.20. The van der Waals surface area contributed by atoms with Gasteiger partial charge in [-0.2, -0.15) is 0 Å². The summed E-state index contributed by atoms with van der Waals surface area (Å²) < 4.78 is 0. The van der Waals surface area contributed by atoms with E-state index in [0.717, 1.165) is 11.8 Å². The first kappa shape index (κ1) is 19.0. The van der Waals surface area contributed by atoms with Gasteiger partial charge in [0.25, 0.3) is 0 Å². The van der Waals surface area contributed by atoms with Crippen molar-refractivity contribution in [3.63, 3.8) is 0 Å². The molecule has 0 amide bonds. The summed E-state index contributed by atoms with van der Waals surface area (Å²) in [6.07, 6.45) is 19.6. The largest absolute Gasteiger partial charge is 0.0654 e. The minimum Gasteiger partial charge on any atom is -0.0654 e. The van der Waals surface area contributed by atoms with Crippen LogP contribution in [-0.2, 0) is 0 Å². The number of rotatable bonds is 14. The van der Waals surface area contributed by atoms with Gasteiger partial charge in [0.2, 0.25) is 0 Å². The summed E-state index contributed by atoms with van der Waals surface area (Å²) in [6.45, 7) is 9.36. The van der Waals surface area contributed by atoms with Crippen molar-refractivity contribution in [3.8, 4) is 0 Å². The highest BCUT2D eigenvalue weighted by Crippen LogP contribution is 2.25. The summed E-state index contributed by atoms with van der Waals surface area (Å²) in [5.74, 6) is 1.72. The maximum Gasteiger partial charge on any atom is -0.0326 e. The first-order chi connectivity index (χ1) is 9.24. The minimum absolute atomic E-state index is 0.833. The Morgan fingerprint density at radius 1 is 0.632 bits per heavy atom. The van der Waals surface area contributed by atoms with Gasteiger partial charge in [-0.1, -0.05) is 105 Å². The van der Waals surface area contributed by atoms with Crippen LogP contribution in [0, 0.1) is 18.3 Å². The second kappa shape index (κ2) is 14.4. The van der Waals surface area contributed by atoms with E-state index >= 15 is 0 Å². The molecule has 0 aromatic carbocycles. The van der Waals surface area contributed by atoms with Gasteiger partial charge in [0.15, 0.2) is 0 Å². The van der Waals surface area contributed by atoms with E-state index in [4.69, 9.17) is 0 Å². The molecule has 0 N–H and O–H groups in total. The lowest BCUT2D eigenvalue weighted by Crippen LogP contribution is -2.08. The summed E-state index contributed by atoms with van der Waals surface area (Å²) in [6, 6.07) is 0. The molecule has 0 nitrogen and oxygen atoms in total. The normalized spacial score (nSPS) is 14.5. The molecule has 0 bridgehead atoms. The second-order valence-electron chi connectivity index (χ2n) is 6.42. The number of hydrogen-bond donors (Lipinski definition) is 0. The molecule has 0 aromatic rings. The lowest BCUT2D eigenvalue weighted by atomic mass is 9.86. The maximum atomic E-state index is 2.68. The SMILES string of the molecule is CCCCCCCC(C)[CH]C(CCC)CCCCC. The van der Waals surface area contributed by atoms with Crippen LogP contribution in [0.3, 0.4) is 0 Å². The zero-order valence-corrected chi connectivity index (χ0v) is 14.2. The molecule has 115 valence electrons.